The Kier molecular flexibility index (Phi) is 6.28. The van der Waals surface area contributed by atoms with Crippen molar-refractivity contribution in [3.05, 3.63) is 18.2 Å². The van der Waals surface area contributed by atoms with Crippen LogP contribution in [0.1, 0.15) is 39.0 Å². The molecule has 0 radical (unpaired) electrons. The summed E-state index contributed by atoms with van der Waals surface area (Å²) >= 11 is 0. The lowest BCUT2D eigenvalue weighted by Crippen LogP contribution is -2.26. The molecule has 1 atom stereocenters. The van der Waals surface area contributed by atoms with Crippen molar-refractivity contribution in [2.45, 2.75) is 45.1 Å². The topological polar surface area (TPSA) is 108 Å². The SMILES string of the molecule is C[C@@H](CCCCNC(=O)O)Nc1c(N)cccc1N1CCCC1=O. The highest BCUT2D eigenvalue weighted by Crippen LogP contribution is 2.34. The van der Waals surface area contributed by atoms with Gasteiger partial charge in [0, 0.05) is 25.6 Å². The highest BCUT2D eigenvalue weighted by molar-refractivity contribution is 6.00. The van der Waals surface area contributed by atoms with E-state index in [4.69, 9.17) is 10.8 Å². The number of carboxylic acid groups (broad SMARTS) is 1. The summed E-state index contributed by atoms with van der Waals surface area (Å²) in [6, 6.07) is 5.79. The fraction of sp³-hybridized carbons (Fsp3) is 0.529. The summed E-state index contributed by atoms with van der Waals surface area (Å²) in [5.74, 6) is 0.135. The molecule has 1 fully saturated rings. The molecule has 0 aliphatic carbocycles. The lowest BCUT2D eigenvalue weighted by Gasteiger charge is -2.24. The second-order valence-corrected chi connectivity index (χ2v) is 6.16. The first kappa shape index (κ1) is 17.9. The van der Waals surface area contributed by atoms with Gasteiger partial charge in [0.2, 0.25) is 5.91 Å². The minimum atomic E-state index is -0.988. The van der Waals surface area contributed by atoms with Crippen molar-refractivity contribution in [3.63, 3.8) is 0 Å². The van der Waals surface area contributed by atoms with Crippen LogP contribution in [0.2, 0.25) is 0 Å². The Morgan fingerprint density at radius 1 is 1.42 bits per heavy atom. The monoisotopic (exact) mass is 334 g/mol. The average molecular weight is 334 g/mol. The number of nitrogens with one attached hydrogen (secondary N) is 2. The third-order valence-corrected chi connectivity index (χ3v) is 4.17. The Hall–Kier alpha value is -2.44. The van der Waals surface area contributed by atoms with Crippen LogP contribution < -0.4 is 21.3 Å². The molecule has 5 N–H and O–H groups in total. The van der Waals surface area contributed by atoms with Gasteiger partial charge in [-0.3, -0.25) is 4.79 Å². The highest BCUT2D eigenvalue weighted by Gasteiger charge is 2.25. The van der Waals surface area contributed by atoms with E-state index in [1.165, 1.54) is 0 Å². The molecule has 1 aliphatic rings. The number of hydrogen-bond donors (Lipinski definition) is 4. The second kappa shape index (κ2) is 8.42. The molecule has 1 heterocycles. The van der Waals surface area contributed by atoms with Crippen LogP contribution in [-0.4, -0.2) is 36.2 Å². The number of para-hydroxylation sites is 1. The number of hydrogen-bond acceptors (Lipinski definition) is 4. The van der Waals surface area contributed by atoms with Gasteiger partial charge < -0.3 is 26.4 Å². The molecule has 1 aromatic rings. The number of benzene rings is 1. The molecule has 7 nitrogen and oxygen atoms in total. The molecule has 24 heavy (non-hydrogen) atoms. The predicted octanol–water partition coefficient (Wildman–Crippen LogP) is 2.63. The van der Waals surface area contributed by atoms with Crippen molar-refractivity contribution in [1.29, 1.82) is 0 Å². The number of nitrogen functional groups attached to an aromatic ring is 1. The van der Waals surface area contributed by atoms with Crippen molar-refractivity contribution < 1.29 is 14.7 Å². The van der Waals surface area contributed by atoms with Gasteiger partial charge in [0.05, 0.1) is 17.1 Å². The van der Waals surface area contributed by atoms with Crippen LogP contribution >= 0.6 is 0 Å². The smallest absolute Gasteiger partial charge is 0.404 e. The lowest BCUT2D eigenvalue weighted by molar-refractivity contribution is -0.117. The van der Waals surface area contributed by atoms with Gasteiger partial charge in [-0.1, -0.05) is 6.07 Å². The van der Waals surface area contributed by atoms with Gasteiger partial charge in [0.25, 0.3) is 0 Å². The molecular formula is C17H26N4O3. The maximum atomic E-state index is 12.0. The van der Waals surface area contributed by atoms with Gasteiger partial charge in [-0.25, -0.2) is 4.79 Å². The zero-order valence-corrected chi connectivity index (χ0v) is 14.0. The van der Waals surface area contributed by atoms with Crippen molar-refractivity contribution >= 4 is 29.1 Å². The van der Waals surface area contributed by atoms with Crippen LogP contribution in [-0.2, 0) is 4.79 Å². The first-order valence-electron chi connectivity index (χ1n) is 8.41. The van der Waals surface area contributed by atoms with Crippen LogP contribution in [0.15, 0.2) is 18.2 Å². The molecule has 2 amide bonds. The fourth-order valence-corrected chi connectivity index (χ4v) is 2.93. The maximum Gasteiger partial charge on any atom is 0.404 e. The Morgan fingerprint density at radius 3 is 2.88 bits per heavy atom. The molecule has 1 saturated heterocycles. The molecule has 0 spiro atoms. The second-order valence-electron chi connectivity index (χ2n) is 6.16. The first-order chi connectivity index (χ1) is 11.5. The predicted molar refractivity (Wildman–Crippen MR) is 95.4 cm³/mol. The van der Waals surface area contributed by atoms with E-state index >= 15 is 0 Å². The van der Waals surface area contributed by atoms with Gasteiger partial charge >= 0.3 is 6.09 Å². The molecule has 1 aromatic carbocycles. The van der Waals surface area contributed by atoms with E-state index in [0.29, 0.717) is 18.7 Å². The Balaban J connectivity index is 1.93. The summed E-state index contributed by atoms with van der Waals surface area (Å²) in [5.41, 5.74) is 8.40. The molecule has 1 aliphatic heterocycles. The van der Waals surface area contributed by atoms with E-state index in [0.717, 1.165) is 43.6 Å². The van der Waals surface area contributed by atoms with Crippen LogP contribution in [0.3, 0.4) is 0 Å². The van der Waals surface area contributed by atoms with E-state index in [1.807, 2.05) is 18.2 Å². The largest absolute Gasteiger partial charge is 0.465 e. The zero-order chi connectivity index (χ0) is 17.5. The van der Waals surface area contributed by atoms with Crippen LogP contribution in [0.5, 0.6) is 0 Å². The average Bonchev–Trinajstić information content (AvgIpc) is 2.94. The molecular weight excluding hydrogens is 308 g/mol. The van der Waals surface area contributed by atoms with Crippen LogP contribution in [0, 0.1) is 0 Å². The first-order valence-corrected chi connectivity index (χ1v) is 8.41. The van der Waals surface area contributed by atoms with Gasteiger partial charge in [-0.05, 0) is 44.7 Å². The van der Waals surface area contributed by atoms with E-state index < -0.39 is 6.09 Å². The number of rotatable bonds is 8. The minimum absolute atomic E-state index is 0.135. The van der Waals surface area contributed by atoms with E-state index in [2.05, 4.69) is 17.6 Å². The van der Waals surface area contributed by atoms with Crippen LogP contribution in [0.25, 0.3) is 0 Å². The summed E-state index contributed by atoms with van der Waals surface area (Å²) in [4.78, 5) is 24.2. The van der Waals surface area contributed by atoms with Crippen molar-refractivity contribution in [3.8, 4) is 0 Å². The normalized spacial score (nSPS) is 15.4. The number of nitrogens with two attached hydrogens (primary N) is 1. The number of carbonyl (C=O) groups excluding carboxylic acids is 1. The van der Waals surface area contributed by atoms with Crippen LogP contribution in [0.4, 0.5) is 21.9 Å². The number of unbranched alkanes of at least 4 members (excludes halogenated alkanes) is 1. The molecule has 0 aromatic heterocycles. The van der Waals surface area contributed by atoms with E-state index in [1.54, 1.807) is 4.90 Å². The number of amides is 2. The Bertz CT molecular complexity index is 591. The summed E-state index contributed by atoms with van der Waals surface area (Å²) in [7, 11) is 0. The Morgan fingerprint density at radius 2 is 2.21 bits per heavy atom. The molecule has 2 rings (SSSR count). The summed E-state index contributed by atoms with van der Waals surface area (Å²) in [6.45, 7) is 3.25. The molecule has 7 heteroatoms. The summed E-state index contributed by atoms with van der Waals surface area (Å²) < 4.78 is 0. The molecule has 0 saturated carbocycles. The van der Waals surface area contributed by atoms with Gasteiger partial charge in [-0.2, -0.15) is 0 Å². The van der Waals surface area contributed by atoms with Gasteiger partial charge in [0.1, 0.15) is 0 Å². The van der Waals surface area contributed by atoms with Crippen molar-refractivity contribution in [2.24, 2.45) is 0 Å². The molecule has 0 unspecified atom stereocenters. The van der Waals surface area contributed by atoms with Crippen molar-refractivity contribution in [1.82, 2.24) is 5.32 Å². The lowest BCUT2D eigenvalue weighted by atomic mass is 10.1. The third kappa shape index (κ3) is 4.78. The molecule has 132 valence electrons. The van der Waals surface area contributed by atoms with Crippen molar-refractivity contribution in [2.75, 3.05) is 29.0 Å². The fourth-order valence-electron chi connectivity index (χ4n) is 2.93. The third-order valence-electron chi connectivity index (χ3n) is 4.17. The van der Waals surface area contributed by atoms with E-state index in [9.17, 15) is 9.59 Å². The Labute approximate surface area is 142 Å². The maximum absolute atomic E-state index is 12.0. The highest BCUT2D eigenvalue weighted by atomic mass is 16.4. The number of carbonyl (C=O) groups is 2. The minimum Gasteiger partial charge on any atom is -0.465 e. The van der Waals surface area contributed by atoms with Gasteiger partial charge in [-0.15, -0.1) is 0 Å². The summed E-state index contributed by atoms with van der Waals surface area (Å²) in [5, 5.41) is 14.3. The van der Waals surface area contributed by atoms with Gasteiger partial charge in [0.15, 0.2) is 0 Å². The number of nitrogens with zero attached hydrogens (tertiary/aromatic N) is 1. The zero-order valence-electron chi connectivity index (χ0n) is 14.0. The molecule has 0 bridgehead atoms. The quantitative estimate of drug-likeness (QED) is 0.432. The standard InChI is InChI=1S/C17H26N4O3/c1-12(6-2-3-10-19-17(23)24)20-16-13(18)7-4-8-14(16)21-11-5-9-15(21)22/h4,7-8,12,19-20H,2-3,5-6,9-11,18H2,1H3,(H,23,24)/t12-/m0/s1. The summed E-state index contributed by atoms with van der Waals surface area (Å²) in [6.07, 6.45) is 3.06. The number of anilines is 3. The van der Waals surface area contributed by atoms with E-state index in [-0.39, 0.29) is 11.9 Å².